The Morgan fingerprint density at radius 2 is 2.45 bits per heavy atom. The third-order valence-electron chi connectivity index (χ3n) is 2.23. The molecule has 0 aromatic carbocycles. The van der Waals surface area contributed by atoms with Crippen LogP contribution in [0.3, 0.4) is 0 Å². The van der Waals surface area contributed by atoms with Gasteiger partial charge in [0.15, 0.2) is 0 Å². The molecule has 2 nitrogen and oxygen atoms in total. The lowest BCUT2D eigenvalue weighted by molar-refractivity contribution is 0.434. The Morgan fingerprint density at radius 1 is 1.64 bits per heavy atom. The molecule has 2 heteroatoms. The Balaban J connectivity index is 2.43. The summed E-state index contributed by atoms with van der Waals surface area (Å²) in [7, 11) is 0. The van der Waals surface area contributed by atoms with E-state index in [0.29, 0.717) is 6.04 Å². The minimum absolute atomic E-state index is 0.469. The molecule has 0 fully saturated rings. The summed E-state index contributed by atoms with van der Waals surface area (Å²) >= 11 is 0. The van der Waals surface area contributed by atoms with Crippen LogP contribution in [0.4, 0.5) is 0 Å². The fourth-order valence-electron chi connectivity index (χ4n) is 1.66. The van der Waals surface area contributed by atoms with Gasteiger partial charge >= 0.3 is 0 Å². The lowest BCUT2D eigenvalue weighted by atomic mass is 10.0. The molecule has 1 atom stereocenters. The van der Waals surface area contributed by atoms with Gasteiger partial charge in [0.25, 0.3) is 0 Å². The smallest absolute Gasteiger partial charge is 0.110 e. The van der Waals surface area contributed by atoms with Crippen molar-refractivity contribution in [2.45, 2.75) is 26.3 Å². The van der Waals surface area contributed by atoms with Crippen molar-refractivity contribution in [2.24, 2.45) is 0 Å². The first kappa shape index (κ1) is 6.92. The SMILES string of the molecule is Cc1cc2c(o1)CCNC2C. The van der Waals surface area contributed by atoms with Crippen LogP contribution in [0.25, 0.3) is 0 Å². The van der Waals surface area contributed by atoms with E-state index in [4.69, 9.17) is 4.42 Å². The van der Waals surface area contributed by atoms with Gasteiger partial charge in [-0.25, -0.2) is 0 Å². The standard InChI is InChI=1S/C9H13NO/c1-6-5-8-7(2)10-4-3-9(8)11-6/h5,7,10H,3-4H2,1-2H3. The summed E-state index contributed by atoms with van der Waals surface area (Å²) in [5.74, 6) is 2.21. The highest BCUT2D eigenvalue weighted by atomic mass is 16.3. The van der Waals surface area contributed by atoms with Gasteiger partial charge in [-0.05, 0) is 19.9 Å². The number of nitrogens with one attached hydrogen (secondary N) is 1. The minimum Gasteiger partial charge on any atom is -0.466 e. The molecule has 1 unspecified atom stereocenters. The summed E-state index contributed by atoms with van der Waals surface area (Å²) in [4.78, 5) is 0. The molecule has 0 bridgehead atoms. The zero-order chi connectivity index (χ0) is 7.84. The number of rotatable bonds is 0. The Kier molecular flexibility index (Phi) is 1.50. The Hall–Kier alpha value is -0.760. The van der Waals surface area contributed by atoms with Gasteiger partial charge in [0.1, 0.15) is 11.5 Å². The van der Waals surface area contributed by atoms with Gasteiger partial charge < -0.3 is 9.73 Å². The molecule has 1 aromatic rings. The molecule has 60 valence electrons. The van der Waals surface area contributed by atoms with Gasteiger partial charge in [-0.1, -0.05) is 0 Å². The highest BCUT2D eigenvalue weighted by Gasteiger charge is 2.18. The Labute approximate surface area is 66.6 Å². The van der Waals surface area contributed by atoms with E-state index in [-0.39, 0.29) is 0 Å². The fourth-order valence-corrected chi connectivity index (χ4v) is 1.66. The van der Waals surface area contributed by atoms with E-state index >= 15 is 0 Å². The van der Waals surface area contributed by atoms with Crippen molar-refractivity contribution >= 4 is 0 Å². The number of hydrogen-bond donors (Lipinski definition) is 1. The van der Waals surface area contributed by atoms with Crippen LogP contribution in [-0.2, 0) is 6.42 Å². The van der Waals surface area contributed by atoms with Gasteiger partial charge in [-0.15, -0.1) is 0 Å². The molecule has 0 saturated heterocycles. The van der Waals surface area contributed by atoms with E-state index in [1.807, 2.05) is 6.92 Å². The lowest BCUT2D eigenvalue weighted by Crippen LogP contribution is -2.26. The normalized spacial score (nSPS) is 23.3. The van der Waals surface area contributed by atoms with Gasteiger partial charge in [-0.3, -0.25) is 0 Å². The molecule has 1 aromatic heterocycles. The second-order valence-electron chi connectivity index (χ2n) is 3.16. The molecule has 0 saturated carbocycles. The molecule has 11 heavy (non-hydrogen) atoms. The average molecular weight is 151 g/mol. The maximum Gasteiger partial charge on any atom is 0.110 e. The monoisotopic (exact) mass is 151 g/mol. The van der Waals surface area contributed by atoms with E-state index in [1.165, 1.54) is 11.3 Å². The van der Waals surface area contributed by atoms with Crippen molar-refractivity contribution < 1.29 is 4.42 Å². The van der Waals surface area contributed by atoms with Crippen LogP contribution >= 0.6 is 0 Å². The van der Waals surface area contributed by atoms with E-state index in [0.717, 1.165) is 18.7 Å². The third-order valence-corrected chi connectivity index (χ3v) is 2.23. The first-order chi connectivity index (χ1) is 5.27. The predicted octanol–water partition coefficient (Wildman–Crippen LogP) is 1.79. The van der Waals surface area contributed by atoms with Crippen molar-refractivity contribution in [1.82, 2.24) is 5.32 Å². The summed E-state index contributed by atoms with van der Waals surface area (Å²) in [6.45, 7) is 5.22. The number of aryl methyl sites for hydroxylation is 1. The van der Waals surface area contributed by atoms with E-state index < -0.39 is 0 Å². The number of hydrogen-bond acceptors (Lipinski definition) is 2. The zero-order valence-corrected chi connectivity index (χ0v) is 6.98. The summed E-state index contributed by atoms with van der Waals surface area (Å²) in [6, 6.07) is 2.60. The van der Waals surface area contributed by atoms with E-state index in [2.05, 4.69) is 18.3 Å². The lowest BCUT2D eigenvalue weighted by Gasteiger charge is -2.18. The van der Waals surface area contributed by atoms with E-state index in [1.54, 1.807) is 0 Å². The minimum atomic E-state index is 0.469. The summed E-state index contributed by atoms with van der Waals surface area (Å²) in [5.41, 5.74) is 1.34. The van der Waals surface area contributed by atoms with Gasteiger partial charge in [0.2, 0.25) is 0 Å². The van der Waals surface area contributed by atoms with Crippen LogP contribution in [0.1, 0.15) is 30.0 Å². The molecule has 0 amide bonds. The van der Waals surface area contributed by atoms with Crippen LogP contribution in [0.5, 0.6) is 0 Å². The fraction of sp³-hybridized carbons (Fsp3) is 0.556. The Morgan fingerprint density at radius 3 is 3.18 bits per heavy atom. The van der Waals surface area contributed by atoms with Crippen molar-refractivity contribution in [3.05, 3.63) is 23.2 Å². The zero-order valence-electron chi connectivity index (χ0n) is 6.98. The molecule has 1 aliphatic heterocycles. The maximum atomic E-state index is 5.54. The summed E-state index contributed by atoms with van der Waals surface area (Å²) in [5, 5.41) is 3.39. The average Bonchev–Trinajstić information content (AvgIpc) is 2.31. The van der Waals surface area contributed by atoms with Crippen LogP contribution in [0, 0.1) is 6.92 Å². The van der Waals surface area contributed by atoms with Gasteiger partial charge in [-0.2, -0.15) is 0 Å². The summed E-state index contributed by atoms with van der Waals surface area (Å²) in [6.07, 6.45) is 1.04. The maximum absolute atomic E-state index is 5.54. The van der Waals surface area contributed by atoms with Gasteiger partial charge in [0, 0.05) is 24.6 Å². The quantitative estimate of drug-likeness (QED) is 0.611. The van der Waals surface area contributed by atoms with Crippen molar-refractivity contribution in [3.63, 3.8) is 0 Å². The predicted molar refractivity (Wildman–Crippen MR) is 43.6 cm³/mol. The second kappa shape index (κ2) is 2.38. The highest BCUT2D eigenvalue weighted by molar-refractivity contribution is 5.26. The van der Waals surface area contributed by atoms with Crippen LogP contribution in [0.2, 0.25) is 0 Å². The number of furan rings is 1. The van der Waals surface area contributed by atoms with Crippen molar-refractivity contribution in [3.8, 4) is 0 Å². The molecule has 1 N–H and O–H groups in total. The molecule has 0 spiro atoms. The first-order valence-electron chi connectivity index (χ1n) is 4.10. The third kappa shape index (κ3) is 1.07. The summed E-state index contributed by atoms with van der Waals surface area (Å²) < 4.78 is 5.54. The van der Waals surface area contributed by atoms with Gasteiger partial charge in [0.05, 0.1) is 0 Å². The first-order valence-corrected chi connectivity index (χ1v) is 4.10. The van der Waals surface area contributed by atoms with E-state index in [9.17, 15) is 0 Å². The largest absolute Gasteiger partial charge is 0.466 e. The second-order valence-corrected chi connectivity index (χ2v) is 3.16. The van der Waals surface area contributed by atoms with Crippen LogP contribution in [-0.4, -0.2) is 6.54 Å². The number of fused-ring (bicyclic) bond motifs is 1. The molecule has 1 aliphatic rings. The van der Waals surface area contributed by atoms with Crippen molar-refractivity contribution in [2.75, 3.05) is 6.54 Å². The molecule has 0 aliphatic carbocycles. The Bertz CT molecular complexity index is 265. The van der Waals surface area contributed by atoms with Crippen LogP contribution < -0.4 is 5.32 Å². The molecular formula is C9H13NO. The molecular weight excluding hydrogens is 138 g/mol. The highest BCUT2D eigenvalue weighted by Crippen LogP contribution is 2.25. The molecule has 2 rings (SSSR count). The molecule has 2 heterocycles. The topological polar surface area (TPSA) is 25.2 Å². The molecule has 0 radical (unpaired) electrons. The van der Waals surface area contributed by atoms with Crippen LogP contribution in [0.15, 0.2) is 10.5 Å². The van der Waals surface area contributed by atoms with Crippen molar-refractivity contribution in [1.29, 1.82) is 0 Å².